The van der Waals surface area contributed by atoms with Crippen LogP contribution in [0.4, 0.5) is 0 Å². The summed E-state index contributed by atoms with van der Waals surface area (Å²) in [6.45, 7) is 8.32. The first kappa shape index (κ1) is 14.3. The van der Waals surface area contributed by atoms with Gasteiger partial charge < -0.3 is 5.32 Å². The summed E-state index contributed by atoms with van der Waals surface area (Å²) >= 11 is 6.02. The monoisotopic (exact) mass is 280 g/mol. The van der Waals surface area contributed by atoms with E-state index >= 15 is 0 Å². The Hall–Kier alpha value is -1.09. The van der Waals surface area contributed by atoms with E-state index in [1.807, 2.05) is 6.07 Å². The molecule has 1 aliphatic rings. The Balaban J connectivity index is 2.16. The Morgan fingerprint density at radius 2 is 2.16 bits per heavy atom. The predicted molar refractivity (Wildman–Crippen MR) is 77.6 cm³/mol. The van der Waals surface area contributed by atoms with Crippen LogP contribution in [0.1, 0.15) is 56.6 Å². The van der Waals surface area contributed by atoms with Gasteiger partial charge in [-0.3, -0.25) is 4.79 Å². The van der Waals surface area contributed by atoms with E-state index in [-0.39, 0.29) is 11.3 Å². The average Bonchev–Trinajstić information content (AvgIpc) is 3.05. The Morgan fingerprint density at radius 1 is 1.47 bits per heavy atom. The van der Waals surface area contributed by atoms with Gasteiger partial charge in [0.15, 0.2) is 0 Å². The van der Waals surface area contributed by atoms with Crippen molar-refractivity contribution in [2.75, 3.05) is 0 Å². The van der Waals surface area contributed by atoms with Gasteiger partial charge in [-0.1, -0.05) is 45.7 Å². The molecule has 1 aromatic heterocycles. The van der Waals surface area contributed by atoms with Crippen molar-refractivity contribution >= 4 is 17.5 Å². The molecule has 2 rings (SSSR count). The molecule has 1 amide bonds. The fourth-order valence-corrected chi connectivity index (χ4v) is 2.35. The van der Waals surface area contributed by atoms with E-state index in [0.717, 1.165) is 18.5 Å². The summed E-state index contributed by atoms with van der Waals surface area (Å²) in [6.07, 6.45) is 2.21. The maximum atomic E-state index is 12.2. The standard InChI is InChI=1S/C15H21ClN2O/c1-5-9-6-11(9)17-14(19)10-7-12(15(2,3)4)18-13(16)8-10/h7-9,11H,5-6H2,1-4H3,(H,17,19). The van der Waals surface area contributed by atoms with Crippen molar-refractivity contribution in [3.63, 3.8) is 0 Å². The maximum absolute atomic E-state index is 12.2. The van der Waals surface area contributed by atoms with Crippen LogP contribution in [0.25, 0.3) is 0 Å². The second-order valence-corrected chi connectivity index (χ2v) is 6.69. The summed E-state index contributed by atoms with van der Waals surface area (Å²) in [5.74, 6) is 0.596. The molecule has 2 unspecified atom stereocenters. The number of hydrogen-bond donors (Lipinski definition) is 1. The Bertz CT molecular complexity index is 493. The first-order valence-electron chi connectivity index (χ1n) is 6.80. The second-order valence-electron chi connectivity index (χ2n) is 6.30. The van der Waals surface area contributed by atoms with Crippen molar-refractivity contribution in [3.05, 3.63) is 28.5 Å². The number of rotatable bonds is 3. The molecule has 3 nitrogen and oxygen atoms in total. The molecule has 4 heteroatoms. The quantitative estimate of drug-likeness (QED) is 0.860. The lowest BCUT2D eigenvalue weighted by Gasteiger charge is -2.18. The van der Waals surface area contributed by atoms with Crippen LogP contribution in [0, 0.1) is 5.92 Å². The van der Waals surface area contributed by atoms with Gasteiger partial charge in [-0.2, -0.15) is 0 Å². The molecule has 0 radical (unpaired) electrons. The number of carbonyl (C=O) groups is 1. The molecule has 1 heterocycles. The number of amides is 1. The first-order valence-corrected chi connectivity index (χ1v) is 7.18. The highest BCUT2D eigenvalue weighted by Gasteiger charge is 2.36. The van der Waals surface area contributed by atoms with E-state index in [4.69, 9.17) is 11.6 Å². The third kappa shape index (κ3) is 3.47. The third-order valence-corrected chi connectivity index (χ3v) is 3.78. The molecule has 104 valence electrons. The lowest BCUT2D eigenvalue weighted by atomic mass is 9.91. The Labute approximate surface area is 119 Å². The number of carbonyl (C=O) groups excluding carboxylic acids is 1. The van der Waals surface area contributed by atoms with E-state index in [9.17, 15) is 4.79 Å². The summed E-state index contributed by atoms with van der Waals surface area (Å²) in [4.78, 5) is 16.5. The minimum atomic E-state index is -0.120. The first-order chi connectivity index (χ1) is 8.81. The van der Waals surface area contributed by atoms with Gasteiger partial charge in [0.1, 0.15) is 5.15 Å². The molecule has 1 fully saturated rings. The molecule has 2 atom stereocenters. The van der Waals surface area contributed by atoms with Crippen LogP contribution in [0.5, 0.6) is 0 Å². The normalized spacial score (nSPS) is 22.2. The number of pyridine rings is 1. The van der Waals surface area contributed by atoms with Gasteiger partial charge in [0.2, 0.25) is 0 Å². The minimum Gasteiger partial charge on any atom is -0.349 e. The second kappa shape index (κ2) is 5.12. The highest BCUT2D eigenvalue weighted by molar-refractivity contribution is 6.29. The van der Waals surface area contributed by atoms with Crippen molar-refractivity contribution in [1.82, 2.24) is 10.3 Å². The zero-order valence-electron chi connectivity index (χ0n) is 12.0. The molecule has 0 saturated heterocycles. The van der Waals surface area contributed by atoms with Crippen molar-refractivity contribution in [3.8, 4) is 0 Å². The van der Waals surface area contributed by atoms with Crippen molar-refractivity contribution < 1.29 is 4.79 Å². The molecule has 19 heavy (non-hydrogen) atoms. The zero-order valence-corrected chi connectivity index (χ0v) is 12.7. The molecule has 0 aliphatic heterocycles. The molecule has 1 saturated carbocycles. The van der Waals surface area contributed by atoms with Crippen LogP contribution in [0.15, 0.2) is 12.1 Å². The molecular weight excluding hydrogens is 260 g/mol. The number of aromatic nitrogens is 1. The summed E-state index contributed by atoms with van der Waals surface area (Å²) in [5, 5.41) is 3.43. The summed E-state index contributed by atoms with van der Waals surface area (Å²) in [5.41, 5.74) is 1.32. The largest absolute Gasteiger partial charge is 0.349 e. The number of halogens is 1. The highest BCUT2D eigenvalue weighted by Crippen LogP contribution is 2.33. The summed E-state index contributed by atoms with van der Waals surface area (Å²) in [7, 11) is 0. The highest BCUT2D eigenvalue weighted by atomic mass is 35.5. The number of hydrogen-bond acceptors (Lipinski definition) is 2. The van der Waals surface area contributed by atoms with Crippen molar-refractivity contribution in [2.45, 2.75) is 52.0 Å². The molecule has 1 aliphatic carbocycles. The summed E-state index contributed by atoms with van der Waals surface area (Å²) < 4.78 is 0. The smallest absolute Gasteiger partial charge is 0.251 e. The Kier molecular flexibility index (Phi) is 3.86. The Morgan fingerprint density at radius 3 is 2.68 bits per heavy atom. The van der Waals surface area contributed by atoms with Gasteiger partial charge in [-0.05, 0) is 24.5 Å². The average molecular weight is 281 g/mol. The lowest BCUT2D eigenvalue weighted by Crippen LogP contribution is -2.27. The van der Waals surface area contributed by atoms with E-state index in [2.05, 4.69) is 38.0 Å². The van der Waals surface area contributed by atoms with Gasteiger partial charge in [0, 0.05) is 22.7 Å². The topological polar surface area (TPSA) is 42.0 Å². The van der Waals surface area contributed by atoms with Gasteiger partial charge in [-0.25, -0.2) is 4.98 Å². The lowest BCUT2D eigenvalue weighted by molar-refractivity contribution is 0.0948. The van der Waals surface area contributed by atoms with E-state index in [0.29, 0.717) is 22.7 Å². The van der Waals surface area contributed by atoms with Gasteiger partial charge in [0.05, 0.1) is 0 Å². The molecule has 0 spiro atoms. The van der Waals surface area contributed by atoms with E-state index < -0.39 is 0 Å². The van der Waals surface area contributed by atoms with Crippen LogP contribution in [0.3, 0.4) is 0 Å². The number of nitrogens with zero attached hydrogens (tertiary/aromatic N) is 1. The molecule has 1 N–H and O–H groups in total. The van der Waals surface area contributed by atoms with Crippen molar-refractivity contribution in [2.24, 2.45) is 5.92 Å². The van der Waals surface area contributed by atoms with Gasteiger partial charge >= 0.3 is 0 Å². The number of nitrogens with one attached hydrogen (secondary N) is 1. The molecular formula is C15H21ClN2O. The third-order valence-electron chi connectivity index (χ3n) is 3.59. The maximum Gasteiger partial charge on any atom is 0.251 e. The molecule has 1 aromatic rings. The van der Waals surface area contributed by atoms with Gasteiger partial charge in [-0.15, -0.1) is 0 Å². The van der Waals surface area contributed by atoms with Crippen LogP contribution < -0.4 is 5.32 Å². The zero-order chi connectivity index (χ0) is 14.2. The SMILES string of the molecule is CCC1CC1NC(=O)c1cc(Cl)nc(C(C)(C)C)c1. The molecule has 0 bridgehead atoms. The van der Waals surface area contributed by atoms with E-state index in [1.54, 1.807) is 6.07 Å². The van der Waals surface area contributed by atoms with E-state index in [1.165, 1.54) is 0 Å². The predicted octanol–water partition coefficient (Wildman–Crippen LogP) is 3.56. The van der Waals surface area contributed by atoms with Crippen LogP contribution in [-0.4, -0.2) is 16.9 Å². The van der Waals surface area contributed by atoms with Crippen LogP contribution in [0.2, 0.25) is 5.15 Å². The van der Waals surface area contributed by atoms with Crippen molar-refractivity contribution in [1.29, 1.82) is 0 Å². The molecule has 0 aromatic carbocycles. The minimum absolute atomic E-state index is 0.0456. The van der Waals surface area contributed by atoms with Crippen LogP contribution >= 0.6 is 11.6 Å². The van der Waals surface area contributed by atoms with Crippen LogP contribution in [-0.2, 0) is 5.41 Å². The fourth-order valence-electron chi connectivity index (χ4n) is 2.14. The fraction of sp³-hybridized carbons (Fsp3) is 0.600. The summed E-state index contributed by atoms with van der Waals surface area (Å²) in [6, 6.07) is 3.81. The van der Waals surface area contributed by atoms with Gasteiger partial charge in [0.25, 0.3) is 5.91 Å².